The highest BCUT2D eigenvalue weighted by Crippen LogP contribution is 2.33. The Morgan fingerprint density at radius 2 is 1.78 bits per heavy atom. The summed E-state index contributed by atoms with van der Waals surface area (Å²) in [6.07, 6.45) is 1.78. The van der Waals surface area contributed by atoms with Gasteiger partial charge >= 0.3 is 0 Å². The van der Waals surface area contributed by atoms with Gasteiger partial charge in [-0.3, -0.25) is 4.79 Å². The number of thioether (sulfide) groups is 1. The molecule has 0 atom stereocenters. The lowest BCUT2D eigenvalue weighted by molar-refractivity contribution is -0.115. The van der Waals surface area contributed by atoms with Crippen molar-refractivity contribution in [2.75, 3.05) is 0 Å². The molecule has 0 unspecified atom stereocenters. The predicted octanol–water partition coefficient (Wildman–Crippen LogP) is 5.49. The van der Waals surface area contributed by atoms with Crippen molar-refractivity contribution in [3.05, 3.63) is 61.9 Å². The van der Waals surface area contributed by atoms with Gasteiger partial charge < -0.3 is 10.1 Å². The lowest BCUT2D eigenvalue weighted by atomic mass is 10.2. The van der Waals surface area contributed by atoms with E-state index in [-0.39, 0.29) is 5.91 Å². The number of hydrogen-bond acceptors (Lipinski definition) is 4. The van der Waals surface area contributed by atoms with Crippen molar-refractivity contribution < 1.29 is 9.53 Å². The van der Waals surface area contributed by atoms with Gasteiger partial charge in [-0.15, -0.1) is 0 Å². The number of thiocarbonyl (C=S) groups is 1. The highest BCUT2D eigenvalue weighted by Gasteiger charge is 2.22. The molecule has 1 amide bonds. The Kier molecular flexibility index (Phi) is 5.21. The summed E-state index contributed by atoms with van der Waals surface area (Å²) in [5.74, 6) is 1.19. The van der Waals surface area contributed by atoms with Crippen LogP contribution in [0.3, 0.4) is 0 Å². The van der Waals surface area contributed by atoms with Crippen LogP contribution in [-0.2, 0) is 4.79 Å². The first-order valence-corrected chi connectivity index (χ1v) is 9.30. The number of amides is 1. The minimum atomic E-state index is -0.186. The first-order valence-electron chi connectivity index (χ1n) is 6.49. The van der Waals surface area contributed by atoms with Crippen LogP contribution in [0.2, 0.25) is 0 Å². The van der Waals surface area contributed by atoms with Crippen molar-refractivity contribution in [2.24, 2.45) is 0 Å². The molecule has 2 aromatic rings. The van der Waals surface area contributed by atoms with E-state index in [1.807, 2.05) is 42.5 Å². The Bertz CT molecular complexity index is 819. The molecule has 1 heterocycles. The molecule has 0 aromatic heterocycles. The standard InChI is InChI=1S/C16H9Br2NO2S2/c17-10-1-4-12(5-2-10)21-13-6-3-11(18)7-9(13)8-14-15(20)19-16(22)23-14/h1-8H,(H,19,20,22). The zero-order chi connectivity index (χ0) is 16.4. The van der Waals surface area contributed by atoms with Gasteiger partial charge in [-0.25, -0.2) is 0 Å². The van der Waals surface area contributed by atoms with E-state index in [2.05, 4.69) is 37.2 Å². The van der Waals surface area contributed by atoms with Crippen LogP contribution in [0.5, 0.6) is 11.5 Å². The van der Waals surface area contributed by atoms with Crippen molar-refractivity contribution >= 4 is 72.1 Å². The van der Waals surface area contributed by atoms with Crippen molar-refractivity contribution in [1.29, 1.82) is 0 Å². The molecule has 3 rings (SSSR count). The van der Waals surface area contributed by atoms with Gasteiger partial charge in [-0.2, -0.15) is 0 Å². The smallest absolute Gasteiger partial charge is 0.263 e. The molecule has 1 aliphatic heterocycles. The Morgan fingerprint density at radius 1 is 1.09 bits per heavy atom. The number of carbonyl (C=O) groups excluding carboxylic acids is 1. The van der Waals surface area contributed by atoms with Gasteiger partial charge in [0.2, 0.25) is 0 Å². The number of hydrogen-bond donors (Lipinski definition) is 1. The van der Waals surface area contributed by atoms with E-state index < -0.39 is 0 Å². The molecule has 0 saturated carbocycles. The summed E-state index contributed by atoms with van der Waals surface area (Å²) >= 11 is 13.1. The highest BCUT2D eigenvalue weighted by molar-refractivity contribution is 9.10. The van der Waals surface area contributed by atoms with Crippen LogP contribution in [0.25, 0.3) is 6.08 Å². The number of ether oxygens (including phenoxy) is 1. The largest absolute Gasteiger partial charge is 0.457 e. The third-order valence-corrected chi connectivity index (χ3v) is 5.13. The minimum Gasteiger partial charge on any atom is -0.457 e. The fourth-order valence-corrected chi connectivity index (χ4v) is 3.60. The minimum absolute atomic E-state index is 0.186. The second-order valence-electron chi connectivity index (χ2n) is 4.59. The molecule has 0 aliphatic carbocycles. The molecule has 1 N–H and O–H groups in total. The average molecular weight is 471 g/mol. The second kappa shape index (κ2) is 7.17. The van der Waals surface area contributed by atoms with Gasteiger partial charge in [-0.1, -0.05) is 55.8 Å². The van der Waals surface area contributed by atoms with Gasteiger partial charge in [0.15, 0.2) is 0 Å². The first-order chi connectivity index (χ1) is 11.0. The Balaban J connectivity index is 1.95. The van der Waals surface area contributed by atoms with Crippen molar-refractivity contribution in [2.45, 2.75) is 0 Å². The predicted molar refractivity (Wildman–Crippen MR) is 105 cm³/mol. The van der Waals surface area contributed by atoms with Gasteiger partial charge in [0.1, 0.15) is 15.8 Å². The topological polar surface area (TPSA) is 38.3 Å². The zero-order valence-corrected chi connectivity index (χ0v) is 16.3. The summed E-state index contributed by atoms with van der Waals surface area (Å²) in [4.78, 5) is 12.4. The van der Waals surface area contributed by atoms with Crippen LogP contribution >= 0.6 is 55.8 Å². The maximum absolute atomic E-state index is 11.8. The summed E-state index contributed by atoms with van der Waals surface area (Å²) < 4.78 is 8.28. The van der Waals surface area contributed by atoms with Gasteiger partial charge in [0, 0.05) is 14.5 Å². The molecular weight excluding hydrogens is 462 g/mol. The third-order valence-electron chi connectivity index (χ3n) is 2.94. The van der Waals surface area contributed by atoms with Crippen LogP contribution in [0.1, 0.15) is 5.56 Å². The third kappa shape index (κ3) is 4.23. The summed E-state index contributed by atoms with van der Waals surface area (Å²) in [7, 11) is 0. The summed E-state index contributed by atoms with van der Waals surface area (Å²) in [6.45, 7) is 0. The Hall–Kier alpha value is -1.15. The monoisotopic (exact) mass is 469 g/mol. The molecule has 1 saturated heterocycles. The van der Waals surface area contributed by atoms with E-state index in [4.69, 9.17) is 17.0 Å². The lowest BCUT2D eigenvalue weighted by Gasteiger charge is -2.10. The van der Waals surface area contributed by atoms with Gasteiger partial charge in [0.05, 0.1) is 4.91 Å². The van der Waals surface area contributed by atoms with E-state index >= 15 is 0 Å². The fraction of sp³-hybridized carbons (Fsp3) is 0. The van der Waals surface area contributed by atoms with Gasteiger partial charge in [0.25, 0.3) is 5.91 Å². The highest BCUT2D eigenvalue weighted by atomic mass is 79.9. The second-order valence-corrected chi connectivity index (χ2v) is 8.14. The van der Waals surface area contributed by atoms with Crippen LogP contribution in [0, 0.1) is 0 Å². The number of carbonyl (C=O) groups is 1. The average Bonchev–Trinajstić information content (AvgIpc) is 2.82. The van der Waals surface area contributed by atoms with E-state index in [0.717, 1.165) is 14.5 Å². The van der Waals surface area contributed by atoms with E-state index in [9.17, 15) is 4.79 Å². The molecular formula is C16H9Br2NO2S2. The van der Waals surface area contributed by atoms with Crippen molar-refractivity contribution in [1.82, 2.24) is 5.32 Å². The van der Waals surface area contributed by atoms with Crippen LogP contribution in [0.4, 0.5) is 0 Å². The van der Waals surface area contributed by atoms with Gasteiger partial charge in [-0.05, 0) is 48.5 Å². The number of benzene rings is 2. The quantitative estimate of drug-likeness (QED) is 0.475. The molecule has 1 aliphatic rings. The fourth-order valence-electron chi connectivity index (χ4n) is 1.92. The number of nitrogens with one attached hydrogen (secondary N) is 1. The molecule has 1 fully saturated rings. The first kappa shape index (κ1) is 16.7. The molecule has 116 valence electrons. The van der Waals surface area contributed by atoms with E-state index in [1.54, 1.807) is 6.08 Å². The molecule has 3 nitrogen and oxygen atoms in total. The zero-order valence-electron chi connectivity index (χ0n) is 11.5. The van der Waals surface area contributed by atoms with Crippen LogP contribution in [-0.4, -0.2) is 10.2 Å². The maximum atomic E-state index is 11.8. The molecule has 7 heteroatoms. The van der Waals surface area contributed by atoms with Crippen molar-refractivity contribution in [3.63, 3.8) is 0 Å². The van der Waals surface area contributed by atoms with E-state index in [1.165, 1.54) is 11.8 Å². The van der Waals surface area contributed by atoms with E-state index in [0.29, 0.717) is 20.7 Å². The normalized spacial score (nSPS) is 15.8. The summed E-state index contributed by atoms with van der Waals surface area (Å²) in [5.41, 5.74) is 0.796. The number of halogens is 2. The Morgan fingerprint density at radius 3 is 2.43 bits per heavy atom. The van der Waals surface area contributed by atoms with Crippen molar-refractivity contribution in [3.8, 4) is 11.5 Å². The summed E-state index contributed by atoms with van der Waals surface area (Å²) in [6, 6.07) is 13.2. The lowest BCUT2D eigenvalue weighted by Crippen LogP contribution is -2.17. The molecule has 0 spiro atoms. The summed E-state index contributed by atoms with van der Waals surface area (Å²) in [5, 5.41) is 2.61. The molecule has 0 bridgehead atoms. The SMILES string of the molecule is O=C1NC(=S)SC1=Cc1cc(Br)ccc1Oc1ccc(Br)cc1. The molecule has 0 radical (unpaired) electrons. The number of rotatable bonds is 3. The van der Waals surface area contributed by atoms with Crippen LogP contribution < -0.4 is 10.1 Å². The molecule has 2 aromatic carbocycles. The Labute approximate surface area is 159 Å². The molecule has 23 heavy (non-hydrogen) atoms. The maximum Gasteiger partial charge on any atom is 0.263 e. The van der Waals surface area contributed by atoms with Crippen LogP contribution in [0.15, 0.2) is 56.3 Å².